The van der Waals surface area contributed by atoms with Crippen LogP contribution in [0.15, 0.2) is 23.9 Å². The molecule has 0 radical (unpaired) electrons. The van der Waals surface area contributed by atoms with E-state index in [0.717, 1.165) is 5.57 Å². The Bertz CT molecular complexity index is 190. The molecule has 0 bridgehead atoms. The van der Waals surface area contributed by atoms with E-state index in [2.05, 4.69) is 0 Å². The Labute approximate surface area is 68.2 Å². The van der Waals surface area contributed by atoms with Crippen LogP contribution in [0, 0.1) is 0 Å². The van der Waals surface area contributed by atoms with Gasteiger partial charge in [-0.15, -0.1) is 0 Å². The second-order valence-corrected chi connectivity index (χ2v) is 2.62. The molecule has 0 atom stereocenters. The molecule has 0 spiro atoms. The molecule has 0 aromatic rings. The minimum Gasteiger partial charge on any atom is -0.383 e. The second kappa shape index (κ2) is 4.72. The fourth-order valence-corrected chi connectivity index (χ4v) is 0.490. The molecule has 0 fully saturated rings. The Balaban J connectivity index is 4.08. The lowest BCUT2D eigenvalue weighted by atomic mass is 10.2. The highest BCUT2D eigenvalue weighted by Gasteiger charge is 1.95. The van der Waals surface area contributed by atoms with E-state index in [4.69, 9.17) is 0 Å². The molecule has 2 heteroatoms. The average molecular weight is 153 g/mol. The van der Waals surface area contributed by atoms with Crippen LogP contribution in [0.1, 0.15) is 13.8 Å². The first-order valence-corrected chi connectivity index (χ1v) is 3.59. The summed E-state index contributed by atoms with van der Waals surface area (Å²) in [5.41, 5.74) is 0.781. The maximum absolute atomic E-state index is 11.1. The molecule has 2 nitrogen and oxygen atoms in total. The predicted molar refractivity (Wildman–Crippen MR) is 47.3 cm³/mol. The van der Waals surface area contributed by atoms with E-state index in [9.17, 15) is 4.79 Å². The molecule has 0 aromatic heterocycles. The fourth-order valence-electron chi connectivity index (χ4n) is 0.490. The summed E-state index contributed by atoms with van der Waals surface area (Å²) in [6.45, 7) is 3.67. The summed E-state index contributed by atoms with van der Waals surface area (Å²) in [6.07, 6.45) is 5.12. The van der Waals surface area contributed by atoms with Crippen molar-refractivity contribution in [1.82, 2.24) is 4.90 Å². The van der Waals surface area contributed by atoms with Gasteiger partial charge in [-0.1, -0.05) is 6.08 Å². The summed E-state index contributed by atoms with van der Waals surface area (Å²) in [5.74, 6) is 0.0706. The number of ketones is 1. The zero-order chi connectivity index (χ0) is 8.85. The van der Waals surface area contributed by atoms with Crippen molar-refractivity contribution >= 4 is 5.78 Å². The lowest BCUT2D eigenvalue weighted by Gasteiger charge is -2.02. The summed E-state index contributed by atoms with van der Waals surface area (Å²) < 4.78 is 0. The summed E-state index contributed by atoms with van der Waals surface area (Å²) in [6, 6.07) is 0. The number of carbonyl (C=O) groups excluding carboxylic acids is 1. The van der Waals surface area contributed by atoms with Crippen LogP contribution in [0.2, 0.25) is 0 Å². The minimum atomic E-state index is 0.0706. The third-order valence-corrected chi connectivity index (χ3v) is 1.35. The van der Waals surface area contributed by atoms with Crippen LogP contribution >= 0.6 is 0 Å². The smallest absolute Gasteiger partial charge is 0.182 e. The van der Waals surface area contributed by atoms with Crippen molar-refractivity contribution < 1.29 is 4.79 Å². The first-order chi connectivity index (χ1) is 5.07. The van der Waals surface area contributed by atoms with Crippen LogP contribution in [0.4, 0.5) is 0 Å². The van der Waals surface area contributed by atoms with Crippen molar-refractivity contribution in [2.24, 2.45) is 0 Å². The van der Waals surface area contributed by atoms with Crippen LogP contribution in [0.25, 0.3) is 0 Å². The fraction of sp³-hybridized carbons (Fsp3) is 0.444. The van der Waals surface area contributed by atoms with Crippen molar-refractivity contribution in [2.75, 3.05) is 14.1 Å². The molecule has 0 aromatic carbocycles. The first-order valence-electron chi connectivity index (χ1n) is 3.59. The molecular weight excluding hydrogens is 138 g/mol. The maximum Gasteiger partial charge on any atom is 0.182 e. The number of hydrogen-bond donors (Lipinski definition) is 0. The minimum absolute atomic E-state index is 0.0706. The van der Waals surface area contributed by atoms with Gasteiger partial charge in [-0.2, -0.15) is 0 Å². The molecule has 0 N–H and O–H groups in total. The molecule has 0 aliphatic heterocycles. The van der Waals surface area contributed by atoms with Crippen molar-refractivity contribution in [1.29, 1.82) is 0 Å². The third-order valence-electron chi connectivity index (χ3n) is 1.35. The van der Waals surface area contributed by atoms with Gasteiger partial charge in [-0.25, -0.2) is 0 Å². The Morgan fingerprint density at radius 2 is 1.91 bits per heavy atom. The zero-order valence-corrected chi connectivity index (χ0v) is 7.59. The molecular formula is C9H15NO. The van der Waals surface area contributed by atoms with Crippen LogP contribution in [0.5, 0.6) is 0 Å². The molecule has 0 saturated heterocycles. The van der Waals surface area contributed by atoms with Gasteiger partial charge in [0.2, 0.25) is 0 Å². The summed E-state index contributed by atoms with van der Waals surface area (Å²) in [5, 5.41) is 0. The van der Waals surface area contributed by atoms with Crippen molar-refractivity contribution in [2.45, 2.75) is 13.8 Å². The highest BCUT2D eigenvalue weighted by Crippen LogP contribution is 1.95. The quantitative estimate of drug-likeness (QED) is 0.574. The molecule has 62 valence electrons. The van der Waals surface area contributed by atoms with Gasteiger partial charge in [0.25, 0.3) is 0 Å². The standard InChI is InChI=1S/C9H15NO/c1-5-8(2)9(11)6-7-10(3)4/h5-7H,1-4H3/b7-6+,8-5-. The van der Waals surface area contributed by atoms with E-state index in [1.165, 1.54) is 0 Å². The van der Waals surface area contributed by atoms with Crippen molar-refractivity contribution in [3.05, 3.63) is 23.9 Å². The number of nitrogens with zero attached hydrogens (tertiary/aromatic N) is 1. The lowest BCUT2D eigenvalue weighted by molar-refractivity contribution is -0.111. The monoisotopic (exact) mass is 153 g/mol. The normalized spacial score (nSPS) is 12.2. The van der Waals surface area contributed by atoms with Gasteiger partial charge < -0.3 is 4.90 Å². The Morgan fingerprint density at radius 1 is 1.36 bits per heavy atom. The van der Waals surface area contributed by atoms with Gasteiger partial charge in [0.1, 0.15) is 0 Å². The Morgan fingerprint density at radius 3 is 2.27 bits per heavy atom. The molecule has 11 heavy (non-hydrogen) atoms. The number of allylic oxidation sites excluding steroid dienone is 3. The highest BCUT2D eigenvalue weighted by molar-refractivity contribution is 6.03. The summed E-state index contributed by atoms with van der Waals surface area (Å²) >= 11 is 0. The third kappa shape index (κ3) is 4.37. The number of carbonyl (C=O) groups is 1. The number of rotatable bonds is 3. The van der Waals surface area contributed by atoms with Crippen LogP contribution in [-0.4, -0.2) is 24.8 Å². The second-order valence-electron chi connectivity index (χ2n) is 2.62. The van der Waals surface area contributed by atoms with Gasteiger partial charge in [-0.3, -0.25) is 4.79 Å². The van der Waals surface area contributed by atoms with Crippen molar-refractivity contribution in [3.8, 4) is 0 Å². The topological polar surface area (TPSA) is 20.3 Å². The van der Waals surface area contributed by atoms with E-state index < -0.39 is 0 Å². The van der Waals surface area contributed by atoms with E-state index >= 15 is 0 Å². The number of hydrogen-bond acceptors (Lipinski definition) is 2. The summed E-state index contributed by atoms with van der Waals surface area (Å²) in [7, 11) is 3.77. The molecule has 0 heterocycles. The lowest BCUT2D eigenvalue weighted by Crippen LogP contribution is -2.03. The Hall–Kier alpha value is -1.05. The van der Waals surface area contributed by atoms with Gasteiger partial charge >= 0.3 is 0 Å². The molecule has 0 unspecified atom stereocenters. The van der Waals surface area contributed by atoms with Gasteiger partial charge in [0.05, 0.1) is 0 Å². The largest absolute Gasteiger partial charge is 0.383 e. The SMILES string of the molecule is C/C=C(/C)C(=O)/C=C/N(C)C. The zero-order valence-electron chi connectivity index (χ0n) is 7.59. The molecule has 0 saturated carbocycles. The summed E-state index contributed by atoms with van der Waals surface area (Å²) in [4.78, 5) is 12.9. The maximum atomic E-state index is 11.1. The van der Waals surface area contributed by atoms with Gasteiger partial charge in [0.15, 0.2) is 5.78 Å². The predicted octanol–water partition coefficient (Wildman–Crippen LogP) is 1.60. The highest BCUT2D eigenvalue weighted by atomic mass is 16.1. The Kier molecular flexibility index (Phi) is 4.27. The van der Waals surface area contributed by atoms with E-state index in [1.807, 2.05) is 38.9 Å². The molecule has 0 aliphatic rings. The first kappa shape index (κ1) is 9.95. The average Bonchev–Trinajstić information content (AvgIpc) is 1.98. The van der Waals surface area contributed by atoms with E-state index in [0.29, 0.717) is 0 Å². The molecule has 0 aliphatic carbocycles. The van der Waals surface area contributed by atoms with Gasteiger partial charge in [0, 0.05) is 26.4 Å². The molecule has 0 amide bonds. The van der Waals surface area contributed by atoms with Crippen LogP contribution in [-0.2, 0) is 4.79 Å². The van der Waals surface area contributed by atoms with E-state index in [-0.39, 0.29) is 5.78 Å². The van der Waals surface area contributed by atoms with Crippen LogP contribution < -0.4 is 0 Å². The van der Waals surface area contributed by atoms with Crippen LogP contribution in [0.3, 0.4) is 0 Å². The van der Waals surface area contributed by atoms with Crippen molar-refractivity contribution in [3.63, 3.8) is 0 Å². The van der Waals surface area contributed by atoms with E-state index in [1.54, 1.807) is 12.3 Å². The van der Waals surface area contributed by atoms with Gasteiger partial charge in [-0.05, 0) is 19.4 Å². The molecule has 0 rings (SSSR count).